The molecule has 114 valence electrons. The number of hydrogen-bond acceptors (Lipinski definition) is 4. The molecule has 0 aliphatic carbocycles. The van der Waals surface area contributed by atoms with Crippen LogP contribution in [0.15, 0.2) is 35.2 Å². The van der Waals surface area contributed by atoms with E-state index in [2.05, 4.69) is 4.72 Å². The van der Waals surface area contributed by atoms with E-state index in [9.17, 15) is 17.9 Å². The summed E-state index contributed by atoms with van der Waals surface area (Å²) < 4.78 is 40.1. The first kappa shape index (κ1) is 16.1. The van der Waals surface area contributed by atoms with Crippen molar-refractivity contribution in [2.75, 3.05) is 0 Å². The molecule has 1 aromatic carbocycles. The highest BCUT2D eigenvalue weighted by Crippen LogP contribution is 2.20. The van der Waals surface area contributed by atoms with Crippen LogP contribution in [-0.4, -0.2) is 13.5 Å². The van der Waals surface area contributed by atoms with Gasteiger partial charge in [-0.1, -0.05) is 13.0 Å². The zero-order valence-corrected chi connectivity index (χ0v) is 13.1. The Kier molecular flexibility index (Phi) is 5.10. The zero-order chi connectivity index (χ0) is 15.5. The van der Waals surface area contributed by atoms with Gasteiger partial charge in [-0.25, -0.2) is 17.5 Å². The van der Waals surface area contributed by atoms with Gasteiger partial charge in [-0.3, -0.25) is 0 Å². The third-order valence-corrected chi connectivity index (χ3v) is 5.70. The third kappa shape index (κ3) is 3.88. The second kappa shape index (κ2) is 6.65. The van der Waals surface area contributed by atoms with E-state index in [4.69, 9.17) is 0 Å². The number of benzene rings is 1. The van der Waals surface area contributed by atoms with Gasteiger partial charge in [0.25, 0.3) is 0 Å². The van der Waals surface area contributed by atoms with Gasteiger partial charge in [0.1, 0.15) is 5.82 Å². The van der Waals surface area contributed by atoms with Crippen molar-refractivity contribution in [3.05, 3.63) is 51.5 Å². The molecule has 0 bridgehead atoms. The first-order valence-electron chi connectivity index (χ1n) is 6.43. The molecule has 2 N–H and O–H groups in total. The number of sulfonamides is 1. The van der Waals surface area contributed by atoms with Gasteiger partial charge in [0.2, 0.25) is 10.0 Å². The van der Waals surface area contributed by atoms with Gasteiger partial charge in [-0.05, 0) is 36.2 Å². The molecule has 0 radical (unpaired) electrons. The molecule has 2 aromatic rings. The van der Waals surface area contributed by atoms with Gasteiger partial charge in [-0.2, -0.15) is 0 Å². The summed E-state index contributed by atoms with van der Waals surface area (Å²) in [5.41, 5.74) is 0.171. The lowest BCUT2D eigenvalue weighted by molar-refractivity contribution is 0.278. The second-order valence-corrected chi connectivity index (χ2v) is 7.44. The van der Waals surface area contributed by atoms with Crippen molar-refractivity contribution in [3.63, 3.8) is 0 Å². The molecule has 0 aliphatic heterocycles. The topological polar surface area (TPSA) is 66.4 Å². The van der Waals surface area contributed by atoms with E-state index in [0.29, 0.717) is 0 Å². The second-order valence-electron chi connectivity index (χ2n) is 4.46. The number of nitrogens with one attached hydrogen (secondary N) is 1. The van der Waals surface area contributed by atoms with Crippen LogP contribution in [0.25, 0.3) is 0 Å². The maximum absolute atomic E-state index is 13.3. The minimum absolute atomic E-state index is 0.147. The van der Waals surface area contributed by atoms with Gasteiger partial charge in [0, 0.05) is 16.3 Å². The van der Waals surface area contributed by atoms with Crippen molar-refractivity contribution in [2.24, 2.45) is 0 Å². The minimum Gasteiger partial charge on any atom is -0.392 e. The molecule has 4 nitrogen and oxygen atoms in total. The lowest BCUT2D eigenvalue weighted by atomic mass is 10.2. The molecule has 2 rings (SSSR count). The predicted octanol–water partition coefficient (Wildman–Crippen LogP) is 2.42. The fourth-order valence-electron chi connectivity index (χ4n) is 1.86. The maximum Gasteiger partial charge on any atom is 0.241 e. The van der Waals surface area contributed by atoms with Crippen molar-refractivity contribution in [1.29, 1.82) is 0 Å². The normalized spacial score (nSPS) is 11.8. The molecule has 21 heavy (non-hydrogen) atoms. The highest BCUT2D eigenvalue weighted by molar-refractivity contribution is 7.89. The van der Waals surface area contributed by atoms with E-state index in [1.165, 1.54) is 22.3 Å². The van der Waals surface area contributed by atoms with Crippen LogP contribution in [0.1, 0.15) is 22.2 Å². The fraction of sp³-hybridized carbons (Fsp3) is 0.286. The van der Waals surface area contributed by atoms with E-state index in [-0.39, 0.29) is 17.0 Å². The average Bonchev–Trinajstić information content (AvgIpc) is 2.93. The molecule has 0 fully saturated rings. The SMILES string of the molecule is CCc1ccc(CNS(=O)(=O)c2cc(F)ccc2CO)s1. The number of hydrogen-bond donors (Lipinski definition) is 2. The van der Waals surface area contributed by atoms with Crippen LogP contribution in [0.2, 0.25) is 0 Å². The van der Waals surface area contributed by atoms with Crippen LogP contribution in [0.5, 0.6) is 0 Å². The molecule has 0 atom stereocenters. The van der Waals surface area contributed by atoms with Crippen LogP contribution >= 0.6 is 11.3 Å². The molecule has 1 aromatic heterocycles. The van der Waals surface area contributed by atoms with E-state index >= 15 is 0 Å². The highest BCUT2D eigenvalue weighted by Gasteiger charge is 2.19. The van der Waals surface area contributed by atoms with E-state index in [0.717, 1.165) is 23.4 Å². The first-order valence-corrected chi connectivity index (χ1v) is 8.72. The van der Waals surface area contributed by atoms with Gasteiger partial charge in [0.15, 0.2) is 0 Å². The number of aryl methyl sites for hydroxylation is 1. The summed E-state index contributed by atoms with van der Waals surface area (Å²) in [7, 11) is -3.86. The Labute approximate surface area is 127 Å². The molecule has 0 unspecified atom stereocenters. The highest BCUT2D eigenvalue weighted by atomic mass is 32.2. The minimum atomic E-state index is -3.86. The van der Waals surface area contributed by atoms with Gasteiger partial charge < -0.3 is 5.11 Å². The summed E-state index contributed by atoms with van der Waals surface area (Å²) in [6.07, 6.45) is 0.899. The largest absolute Gasteiger partial charge is 0.392 e. The molecule has 0 saturated heterocycles. The Bertz CT molecular complexity index is 726. The Morgan fingerprint density at radius 3 is 2.57 bits per heavy atom. The smallest absolute Gasteiger partial charge is 0.241 e. The van der Waals surface area contributed by atoms with Crippen molar-refractivity contribution in [1.82, 2.24) is 4.72 Å². The summed E-state index contributed by atoms with van der Waals surface area (Å²) >= 11 is 1.53. The summed E-state index contributed by atoms with van der Waals surface area (Å²) in [6.45, 7) is 1.71. The summed E-state index contributed by atoms with van der Waals surface area (Å²) in [5.74, 6) is -0.656. The number of aliphatic hydroxyl groups excluding tert-OH is 1. The number of rotatable bonds is 6. The third-order valence-electron chi connectivity index (χ3n) is 2.99. The molecule has 0 saturated carbocycles. The monoisotopic (exact) mass is 329 g/mol. The number of thiophene rings is 1. The molecule has 0 spiro atoms. The molecule has 7 heteroatoms. The Hall–Kier alpha value is -1.28. The van der Waals surface area contributed by atoms with Gasteiger partial charge in [0.05, 0.1) is 11.5 Å². The van der Waals surface area contributed by atoms with Crippen molar-refractivity contribution < 1.29 is 17.9 Å². The lowest BCUT2D eigenvalue weighted by Gasteiger charge is -2.09. The first-order chi connectivity index (χ1) is 9.96. The summed E-state index contributed by atoms with van der Waals surface area (Å²) in [6, 6.07) is 7.13. The Morgan fingerprint density at radius 1 is 1.24 bits per heavy atom. The van der Waals surface area contributed by atoms with Crippen molar-refractivity contribution >= 4 is 21.4 Å². The van der Waals surface area contributed by atoms with Gasteiger partial charge >= 0.3 is 0 Å². The Balaban J connectivity index is 2.20. The molecule has 0 aliphatic rings. The number of halogens is 1. The molecule has 0 amide bonds. The summed E-state index contributed by atoms with van der Waals surface area (Å²) in [5, 5.41) is 9.18. The van der Waals surface area contributed by atoms with Crippen LogP contribution in [0.3, 0.4) is 0 Å². The maximum atomic E-state index is 13.3. The van der Waals surface area contributed by atoms with Gasteiger partial charge in [-0.15, -0.1) is 11.3 Å². The average molecular weight is 329 g/mol. The summed E-state index contributed by atoms with van der Waals surface area (Å²) in [4.78, 5) is 1.83. The van der Waals surface area contributed by atoms with Crippen molar-refractivity contribution in [2.45, 2.75) is 31.4 Å². The zero-order valence-electron chi connectivity index (χ0n) is 11.5. The van der Waals surface area contributed by atoms with Crippen LogP contribution in [0, 0.1) is 5.82 Å². The van der Waals surface area contributed by atoms with Crippen LogP contribution < -0.4 is 4.72 Å². The standard InChI is InChI=1S/C14H16FNO3S2/c1-2-12-5-6-13(20-12)8-16-21(18,19)14-7-11(15)4-3-10(14)9-17/h3-7,16-17H,2,8-9H2,1H3. The fourth-order valence-corrected chi connectivity index (χ4v) is 4.10. The van der Waals surface area contributed by atoms with E-state index in [1.807, 2.05) is 19.1 Å². The lowest BCUT2D eigenvalue weighted by Crippen LogP contribution is -2.24. The molecular weight excluding hydrogens is 313 g/mol. The predicted molar refractivity (Wildman–Crippen MR) is 80.0 cm³/mol. The van der Waals surface area contributed by atoms with Crippen LogP contribution in [-0.2, 0) is 29.6 Å². The van der Waals surface area contributed by atoms with E-state index in [1.54, 1.807) is 0 Å². The number of aliphatic hydroxyl groups is 1. The molecular formula is C14H16FNO3S2. The molecule has 1 heterocycles. The van der Waals surface area contributed by atoms with Crippen molar-refractivity contribution in [3.8, 4) is 0 Å². The Morgan fingerprint density at radius 2 is 1.95 bits per heavy atom. The van der Waals surface area contributed by atoms with Crippen LogP contribution in [0.4, 0.5) is 4.39 Å². The van der Waals surface area contributed by atoms with E-state index < -0.39 is 22.4 Å². The quantitative estimate of drug-likeness (QED) is 0.855.